The number of piperidine rings is 1. The van der Waals surface area contributed by atoms with Crippen LogP contribution in [-0.2, 0) is 0 Å². The SMILES string of the molecule is Cc1ccc(NN)c(C(=O)N2CCC(C)CC2)c1. The lowest BCUT2D eigenvalue weighted by atomic mass is 9.98. The summed E-state index contributed by atoms with van der Waals surface area (Å²) in [5.41, 5.74) is 5.05. The number of anilines is 1. The molecule has 98 valence electrons. The van der Waals surface area contributed by atoms with Crippen molar-refractivity contribution in [2.24, 2.45) is 11.8 Å². The summed E-state index contributed by atoms with van der Waals surface area (Å²) in [5, 5.41) is 0. The summed E-state index contributed by atoms with van der Waals surface area (Å²) in [6, 6.07) is 5.70. The van der Waals surface area contributed by atoms with E-state index in [0.717, 1.165) is 37.4 Å². The van der Waals surface area contributed by atoms with Gasteiger partial charge in [0.25, 0.3) is 5.91 Å². The summed E-state index contributed by atoms with van der Waals surface area (Å²) in [6.07, 6.45) is 2.17. The van der Waals surface area contributed by atoms with Crippen LogP contribution in [0.5, 0.6) is 0 Å². The Labute approximate surface area is 108 Å². The predicted octanol–water partition coefficient (Wildman–Crippen LogP) is 2.15. The normalized spacial score (nSPS) is 16.7. The first kappa shape index (κ1) is 12.9. The molecule has 0 aromatic heterocycles. The Hall–Kier alpha value is -1.55. The molecule has 4 heteroatoms. The second-order valence-corrected chi connectivity index (χ2v) is 5.17. The minimum atomic E-state index is 0.0820. The van der Waals surface area contributed by atoms with Crippen molar-refractivity contribution >= 4 is 11.6 Å². The molecule has 1 aromatic rings. The van der Waals surface area contributed by atoms with Gasteiger partial charge in [0.15, 0.2) is 0 Å². The summed E-state index contributed by atoms with van der Waals surface area (Å²) in [7, 11) is 0. The van der Waals surface area contributed by atoms with Gasteiger partial charge in [0.05, 0.1) is 11.3 Å². The van der Waals surface area contributed by atoms with E-state index in [2.05, 4.69) is 12.3 Å². The van der Waals surface area contributed by atoms with Gasteiger partial charge in [-0.15, -0.1) is 0 Å². The number of nitrogen functional groups attached to an aromatic ring is 1. The zero-order chi connectivity index (χ0) is 13.1. The second-order valence-electron chi connectivity index (χ2n) is 5.17. The first-order valence-electron chi connectivity index (χ1n) is 6.48. The van der Waals surface area contributed by atoms with Crippen molar-refractivity contribution in [3.63, 3.8) is 0 Å². The topological polar surface area (TPSA) is 58.4 Å². The van der Waals surface area contributed by atoms with Gasteiger partial charge < -0.3 is 10.3 Å². The Morgan fingerprint density at radius 2 is 2.06 bits per heavy atom. The first-order chi connectivity index (χ1) is 8.61. The maximum Gasteiger partial charge on any atom is 0.256 e. The summed E-state index contributed by atoms with van der Waals surface area (Å²) in [6.45, 7) is 5.91. The Balaban J connectivity index is 2.20. The lowest BCUT2D eigenvalue weighted by Crippen LogP contribution is -2.38. The van der Waals surface area contributed by atoms with Gasteiger partial charge in [0.1, 0.15) is 0 Å². The molecule has 2 rings (SSSR count). The zero-order valence-corrected chi connectivity index (χ0v) is 11.1. The van der Waals surface area contributed by atoms with E-state index in [-0.39, 0.29) is 5.91 Å². The molecule has 1 heterocycles. The minimum Gasteiger partial charge on any atom is -0.339 e. The van der Waals surface area contributed by atoms with Gasteiger partial charge in [-0.05, 0) is 37.8 Å². The van der Waals surface area contributed by atoms with Crippen LogP contribution in [0, 0.1) is 12.8 Å². The highest BCUT2D eigenvalue weighted by Crippen LogP contribution is 2.22. The van der Waals surface area contributed by atoms with E-state index in [0.29, 0.717) is 11.3 Å². The Morgan fingerprint density at radius 3 is 2.67 bits per heavy atom. The van der Waals surface area contributed by atoms with Gasteiger partial charge in [0, 0.05) is 13.1 Å². The fourth-order valence-corrected chi connectivity index (χ4v) is 2.34. The highest BCUT2D eigenvalue weighted by atomic mass is 16.2. The Bertz CT molecular complexity index is 437. The van der Waals surface area contributed by atoms with Crippen LogP contribution in [0.2, 0.25) is 0 Å². The van der Waals surface area contributed by atoms with Crippen molar-refractivity contribution in [3.05, 3.63) is 29.3 Å². The number of nitrogens with zero attached hydrogens (tertiary/aromatic N) is 1. The monoisotopic (exact) mass is 247 g/mol. The smallest absolute Gasteiger partial charge is 0.256 e. The van der Waals surface area contributed by atoms with E-state index < -0.39 is 0 Å². The molecule has 0 radical (unpaired) electrons. The molecule has 1 saturated heterocycles. The molecule has 0 unspecified atom stereocenters. The molecule has 0 bridgehead atoms. The molecular weight excluding hydrogens is 226 g/mol. The average molecular weight is 247 g/mol. The summed E-state index contributed by atoms with van der Waals surface area (Å²) < 4.78 is 0. The molecule has 3 N–H and O–H groups in total. The van der Waals surface area contributed by atoms with Crippen LogP contribution in [0.4, 0.5) is 5.69 Å². The molecule has 1 aliphatic rings. The van der Waals surface area contributed by atoms with Crippen molar-refractivity contribution < 1.29 is 4.79 Å². The van der Waals surface area contributed by atoms with E-state index in [1.165, 1.54) is 0 Å². The van der Waals surface area contributed by atoms with Crippen LogP contribution in [0.15, 0.2) is 18.2 Å². The van der Waals surface area contributed by atoms with E-state index >= 15 is 0 Å². The number of hydrogen-bond donors (Lipinski definition) is 2. The van der Waals surface area contributed by atoms with Crippen molar-refractivity contribution in [3.8, 4) is 0 Å². The van der Waals surface area contributed by atoms with Crippen LogP contribution in [0.3, 0.4) is 0 Å². The summed E-state index contributed by atoms with van der Waals surface area (Å²) in [4.78, 5) is 14.4. The molecule has 4 nitrogen and oxygen atoms in total. The molecule has 18 heavy (non-hydrogen) atoms. The fraction of sp³-hybridized carbons (Fsp3) is 0.500. The van der Waals surface area contributed by atoms with E-state index in [1.807, 2.05) is 30.0 Å². The highest BCUT2D eigenvalue weighted by molar-refractivity contribution is 5.99. The maximum atomic E-state index is 12.5. The molecule has 0 aliphatic carbocycles. The predicted molar refractivity (Wildman–Crippen MR) is 73.3 cm³/mol. The van der Waals surface area contributed by atoms with Gasteiger partial charge in [0.2, 0.25) is 0 Å². The Kier molecular flexibility index (Phi) is 3.87. The molecule has 0 spiro atoms. The van der Waals surface area contributed by atoms with Gasteiger partial charge >= 0.3 is 0 Å². The number of likely N-dealkylation sites (tertiary alicyclic amines) is 1. The second kappa shape index (κ2) is 5.40. The van der Waals surface area contributed by atoms with E-state index in [4.69, 9.17) is 5.84 Å². The number of nitrogens with two attached hydrogens (primary N) is 1. The molecule has 1 aliphatic heterocycles. The third-order valence-corrected chi connectivity index (χ3v) is 3.63. The van der Waals surface area contributed by atoms with Crippen LogP contribution in [0.1, 0.15) is 35.7 Å². The quantitative estimate of drug-likeness (QED) is 0.622. The van der Waals surface area contributed by atoms with Gasteiger partial charge in [-0.3, -0.25) is 10.6 Å². The third kappa shape index (κ3) is 2.64. The number of hydrogen-bond acceptors (Lipinski definition) is 3. The van der Waals surface area contributed by atoms with Gasteiger partial charge in [-0.2, -0.15) is 0 Å². The van der Waals surface area contributed by atoms with Crippen LogP contribution in [-0.4, -0.2) is 23.9 Å². The van der Waals surface area contributed by atoms with Crippen molar-refractivity contribution in [1.29, 1.82) is 0 Å². The number of hydrazine groups is 1. The van der Waals surface area contributed by atoms with Crippen molar-refractivity contribution in [1.82, 2.24) is 4.90 Å². The number of aryl methyl sites for hydroxylation is 1. The lowest BCUT2D eigenvalue weighted by Gasteiger charge is -2.30. The standard InChI is InChI=1S/C14H21N3O/c1-10-5-7-17(8-6-10)14(18)12-9-11(2)3-4-13(12)16-15/h3-4,9-10,16H,5-8,15H2,1-2H3. The number of carbonyl (C=O) groups is 1. The van der Waals surface area contributed by atoms with Crippen LogP contribution < -0.4 is 11.3 Å². The number of benzene rings is 1. The fourth-order valence-electron chi connectivity index (χ4n) is 2.34. The lowest BCUT2D eigenvalue weighted by molar-refractivity contribution is 0.0698. The molecule has 1 fully saturated rings. The van der Waals surface area contributed by atoms with Crippen LogP contribution >= 0.6 is 0 Å². The maximum absolute atomic E-state index is 12.5. The van der Waals surface area contributed by atoms with Crippen molar-refractivity contribution in [2.75, 3.05) is 18.5 Å². The van der Waals surface area contributed by atoms with Gasteiger partial charge in [-0.25, -0.2) is 0 Å². The van der Waals surface area contributed by atoms with Crippen molar-refractivity contribution in [2.45, 2.75) is 26.7 Å². The van der Waals surface area contributed by atoms with Gasteiger partial charge in [-0.1, -0.05) is 18.6 Å². The number of carbonyl (C=O) groups excluding carboxylic acids is 1. The largest absolute Gasteiger partial charge is 0.339 e. The zero-order valence-electron chi connectivity index (χ0n) is 11.1. The van der Waals surface area contributed by atoms with Crippen LogP contribution in [0.25, 0.3) is 0 Å². The molecular formula is C14H21N3O. The molecule has 0 saturated carbocycles. The molecule has 0 atom stereocenters. The molecule has 1 amide bonds. The molecule has 1 aromatic carbocycles. The summed E-state index contributed by atoms with van der Waals surface area (Å²) >= 11 is 0. The number of amides is 1. The third-order valence-electron chi connectivity index (χ3n) is 3.63. The minimum absolute atomic E-state index is 0.0820. The van der Waals surface area contributed by atoms with E-state index in [1.54, 1.807) is 0 Å². The number of nitrogens with one attached hydrogen (secondary N) is 1. The Morgan fingerprint density at radius 1 is 1.39 bits per heavy atom. The highest BCUT2D eigenvalue weighted by Gasteiger charge is 2.23. The summed E-state index contributed by atoms with van der Waals surface area (Å²) in [5.74, 6) is 6.27. The van der Waals surface area contributed by atoms with E-state index in [9.17, 15) is 4.79 Å². The first-order valence-corrected chi connectivity index (χ1v) is 6.48. The number of rotatable bonds is 2. The average Bonchev–Trinajstić information content (AvgIpc) is 2.39.